The summed E-state index contributed by atoms with van der Waals surface area (Å²) in [7, 11) is 1.61. The molecule has 1 aliphatic heterocycles. The number of nitrogens with two attached hydrogens (primary N) is 2. The molecule has 7 heteroatoms. The Morgan fingerprint density at radius 2 is 2.23 bits per heavy atom. The van der Waals surface area contributed by atoms with Crippen LogP contribution in [0.3, 0.4) is 0 Å². The van der Waals surface area contributed by atoms with Crippen molar-refractivity contribution in [3.63, 3.8) is 0 Å². The zero-order chi connectivity index (χ0) is 15.9. The molecule has 0 bridgehead atoms. The monoisotopic (exact) mass is 298 g/mol. The molecule has 0 atom stereocenters. The molecule has 0 fully saturated rings. The maximum Gasteiger partial charge on any atom is 0.339 e. The molecule has 1 aromatic carbocycles. The molecular formula is C15H14N4O3. The first-order chi connectivity index (χ1) is 10.5. The van der Waals surface area contributed by atoms with Crippen molar-refractivity contribution in [3.05, 3.63) is 40.5 Å². The van der Waals surface area contributed by atoms with E-state index in [1.54, 1.807) is 25.4 Å². The lowest BCUT2D eigenvalue weighted by molar-refractivity contribution is 0.0693. The number of rotatable bonds is 2. The van der Waals surface area contributed by atoms with Gasteiger partial charge in [-0.25, -0.2) is 4.79 Å². The first kappa shape index (κ1) is 13.9. The van der Waals surface area contributed by atoms with Crippen molar-refractivity contribution in [1.29, 1.82) is 0 Å². The number of hydrogen-bond donors (Lipinski definition) is 3. The number of anilines is 2. The normalized spacial score (nSPS) is 12.6. The van der Waals surface area contributed by atoms with Crippen LogP contribution in [0.1, 0.15) is 27.0 Å². The zero-order valence-electron chi connectivity index (χ0n) is 11.8. The van der Waals surface area contributed by atoms with Gasteiger partial charge >= 0.3 is 5.97 Å². The van der Waals surface area contributed by atoms with Gasteiger partial charge in [-0.15, -0.1) is 0 Å². The van der Waals surface area contributed by atoms with E-state index in [1.807, 2.05) is 0 Å². The van der Waals surface area contributed by atoms with E-state index in [1.165, 1.54) is 6.07 Å². The quantitative estimate of drug-likeness (QED) is 0.618. The molecule has 5 N–H and O–H groups in total. The van der Waals surface area contributed by atoms with Crippen LogP contribution in [-0.4, -0.2) is 29.3 Å². The number of para-hydroxylation sites is 1. The predicted molar refractivity (Wildman–Crippen MR) is 82.9 cm³/mol. The number of benzene rings is 1. The average molecular weight is 298 g/mol. The molecule has 1 aromatic heterocycles. The zero-order valence-corrected chi connectivity index (χ0v) is 11.8. The molecule has 22 heavy (non-hydrogen) atoms. The largest absolute Gasteiger partial charge is 0.478 e. The Balaban J connectivity index is 2.17. The van der Waals surface area contributed by atoms with Gasteiger partial charge in [0.2, 0.25) is 5.88 Å². The Hall–Kier alpha value is -3.09. The highest BCUT2D eigenvalue weighted by Crippen LogP contribution is 2.41. The summed E-state index contributed by atoms with van der Waals surface area (Å²) in [5.41, 5.74) is 14.5. The standard InChI is InChI=1S/C15H14N4O3/c1-18-6-10-11(16)9-5-7-3-2-4-8(15(20)21)12(7)22-14(9)19-13(10)17/h2-4,6H,5H2,1H3,(H,20,21)(H4,16,17,19). The molecular weight excluding hydrogens is 284 g/mol. The van der Waals surface area contributed by atoms with Crippen LogP contribution in [0.25, 0.3) is 0 Å². The number of pyridine rings is 1. The van der Waals surface area contributed by atoms with Gasteiger partial charge in [-0.3, -0.25) is 4.99 Å². The topological polar surface area (TPSA) is 124 Å². The van der Waals surface area contributed by atoms with Gasteiger partial charge in [0.05, 0.1) is 11.3 Å². The van der Waals surface area contributed by atoms with Gasteiger partial charge in [0.1, 0.15) is 17.1 Å². The number of carboxylic acid groups (broad SMARTS) is 1. The van der Waals surface area contributed by atoms with E-state index in [4.69, 9.17) is 16.2 Å². The van der Waals surface area contributed by atoms with Crippen molar-refractivity contribution >= 4 is 23.7 Å². The molecule has 0 radical (unpaired) electrons. The Morgan fingerprint density at radius 3 is 2.91 bits per heavy atom. The molecule has 3 rings (SSSR count). The lowest BCUT2D eigenvalue weighted by Gasteiger charge is -2.23. The minimum absolute atomic E-state index is 0.0845. The molecule has 0 aliphatic carbocycles. The molecule has 0 saturated carbocycles. The number of ether oxygens (including phenoxy) is 1. The fraction of sp³-hybridized carbons (Fsp3) is 0.133. The number of carboxylic acids is 1. The van der Waals surface area contributed by atoms with Crippen LogP contribution < -0.4 is 16.2 Å². The number of fused-ring (bicyclic) bond motifs is 2. The summed E-state index contributed by atoms with van der Waals surface area (Å²) in [6, 6.07) is 4.96. The molecule has 112 valence electrons. The molecule has 2 aromatic rings. The summed E-state index contributed by atoms with van der Waals surface area (Å²) in [4.78, 5) is 19.4. The van der Waals surface area contributed by atoms with Gasteiger partial charge in [0.15, 0.2) is 0 Å². The van der Waals surface area contributed by atoms with E-state index in [0.717, 1.165) is 5.56 Å². The number of hydrogen-bond acceptors (Lipinski definition) is 6. The van der Waals surface area contributed by atoms with Crippen LogP contribution in [-0.2, 0) is 6.42 Å². The van der Waals surface area contributed by atoms with Crippen molar-refractivity contribution in [1.82, 2.24) is 4.98 Å². The molecule has 0 spiro atoms. The number of aromatic carboxylic acids is 1. The highest BCUT2D eigenvalue weighted by Gasteiger charge is 2.27. The van der Waals surface area contributed by atoms with Crippen LogP contribution in [0.15, 0.2) is 23.2 Å². The van der Waals surface area contributed by atoms with E-state index in [9.17, 15) is 9.90 Å². The third-order valence-electron chi connectivity index (χ3n) is 3.52. The molecule has 1 aliphatic rings. The number of aliphatic imine (C=N–C) groups is 1. The summed E-state index contributed by atoms with van der Waals surface area (Å²) in [6.07, 6.45) is 1.97. The summed E-state index contributed by atoms with van der Waals surface area (Å²) in [5.74, 6) is -0.343. The Kier molecular flexibility index (Phi) is 3.17. The van der Waals surface area contributed by atoms with E-state index in [2.05, 4.69) is 9.98 Å². The smallest absolute Gasteiger partial charge is 0.339 e. The highest BCUT2D eigenvalue weighted by molar-refractivity contribution is 5.95. The second-order valence-electron chi connectivity index (χ2n) is 4.87. The van der Waals surface area contributed by atoms with Gasteiger partial charge in [0.25, 0.3) is 0 Å². The van der Waals surface area contributed by atoms with Gasteiger partial charge in [-0.05, 0) is 6.07 Å². The second kappa shape index (κ2) is 5.03. The second-order valence-corrected chi connectivity index (χ2v) is 4.87. The molecule has 7 nitrogen and oxygen atoms in total. The van der Waals surface area contributed by atoms with Crippen LogP contribution in [0.5, 0.6) is 11.6 Å². The Bertz CT molecular complexity index is 815. The van der Waals surface area contributed by atoms with E-state index in [-0.39, 0.29) is 23.0 Å². The fourth-order valence-electron chi connectivity index (χ4n) is 2.47. The number of aromatic nitrogens is 1. The average Bonchev–Trinajstić information content (AvgIpc) is 2.49. The number of carbonyl (C=O) groups is 1. The van der Waals surface area contributed by atoms with Crippen LogP contribution in [0.2, 0.25) is 0 Å². The van der Waals surface area contributed by atoms with Gasteiger partial charge in [-0.1, -0.05) is 12.1 Å². The van der Waals surface area contributed by atoms with E-state index < -0.39 is 5.97 Å². The van der Waals surface area contributed by atoms with Crippen molar-refractivity contribution in [2.75, 3.05) is 18.5 Å². The Morgan fingerprint density at radius 1 is 1.45 bits per heavy atom. The minimum atomic E-state index is -1.06. The van der Waals surface area contributed by atoms with Crippen molar-refractivity contribution < 1.29 is 14.6 Å². The summed E-state index contributed by atoms with van der Waals surface area (Å²) in [5, 5.41) is 9.24. The first-order valence-electron chi connectivity index (χ1n) is 6.56. The van der Waals surface area contributed by atoms with Crippen molar-refractivity contribution in [2.24, 2.45) is 4.99 Å². The predicted octanol–water partition coefficient (Wildman–Crippen LogP) is 1.69. The number of nitrogen functional groups attached to an aromatic ring is 2. The molecule has 0 saturated heterocycles. The van der Waals surface area contributed by atoms with Gasteiger partial charge in [0, 0.05) is 30.8 Å². The van der Waals surface area contributed by atoms with Crippen LogP contribution in [0, 0.1) is 0 Å². The lowest BCUT2D eigenvalue weighted by atomic mass is 9.97. The van der Waals surface area contributed by atoms with E-state index in [0.29, 0.717) is 23.2 Å². The lowest BCUT2D eigenvalue weighted by Crippen LogP contribution is -2.14. The third kappa shape index (κ3) is 2.03. The van der Waals surface area contributed by atoms with Crippen LogP contribution in [0.4, 0.5) is 11.5 Å². The minimum Gasteiger partial charge on any atom is -0.478 e. The molecule has 0 amide bonds. The molecule has 2 heterocycles. The summed E-state index contributed by atoms with van der Waals surface area (Å²) < 4.78 is 5.67. The summed E-state index contributed by atoms with van der Waals surface area (Å²) >= 11 is 0. The van der Waals surface area contributed by atoms with Crippen molar-refractivity contribution in [2.45, 2.75) is 6.42 Å². The molecule has 0 unspecified atom stereocenters. The highest BCUT2D eigenvalue weighted by atomic mass is 16.5. The van der Waals surface area contributed by atoms with Gasteiger partial charge in [-0.2, -0.15) is 4.98 Å². The maximum absolute atomic E-state index is 11.3. The van der Waals surface area contributed by atoms with Crippen molar-refractivity contribution in [3.8, 4) is 11.6 Å². The Labute approximate surface area is 126 Å². The number of nitrogens with zero attached hydrogens (tertiary/aromatic N) is 2. The first-order valence-corrected chi connectivity index (χ1v) is 6.56. The fourth-order valence-corrected chi connectivity index (χ4v) is 2.47. The van der Waals surface area contributed by atoms with Crippen LogP contribution >= 0.6 is 0 Å². The maximum atomic E-state index is 11.3. The SMILES string of the molecule is CN=Cc1c(N)nc2c(c1N)Cc1cccc(C(=O)O)c1O2. The van der Waals surface area contributed by atoms with E-state index >= 15 is 0 Å². The summed E-state index contributed by atoms with van der Waals surface area (Å²) in [6.45, 7) is 0. The third-order valence-corrected chi connectivity index (χ3v) is 3.52. The van der Waals surface area contributed by atoms with Gasteiger partial charge < -0.3 is 21.3 Å².